The molecule has 1 atom stereocenters. The van der Waals surface area contributed by atoms with Crippen molar-refractivity contribution in [3.8, 4) is 11.4 Å². The zero-order valence-corrected chi connectivity index (χ0v) is 21.2. The van der Waals surface area contributed by atoms with E-state index < -0.39 is 23.7 Å². The minimum absolute atomic E-state index is 0.0133. The normalized spacial score (nSPS) is 14.2. The van der Waals surface area contributed by atoms with Gasteiger partial charge in [-0.2, -0.15) is 0 Å². The van der Waals surface area contributed by atoms with Crippen LogP contribution in [-0.4, -0.2) is 57.8 Å². The SMILES string of the molecule is CCc1c2c(nc3ccc(Cl)cc13)-c1cc([C@@](O)(CC)C(=O)NCCN(C)C)c(CO)c(=O)n1C2. The first-order valence-corrected chi connectivity index (χ1v) is 12.2. The molecule has 2 aromatic heterocycles. The number of amides is 1. The molecule has 3 N–H and O–H groups in total. The van der Waals surface area contributed by atoms with E-state index in [4.69, 9.17) is 16.6 Å². The maximum Gasteiger partial charge on any atom is 0.257 e. The summed E-state index contributed by atoms with van der Waals surface area (Å²) in [5.41, 5.74) is 1.61. The van der Waals surface area contributed by atoms with Gasteiger partial charge in [0.1, 0.15) is 0 Å². The van der Waals surface area contributed by atoms with Gasteiger partial charge in [-0.1, -0.05) is 25.4 Å². The monoisotopic (exact) mass is 498 g/mol. The number of hydrogen-bond donors (Lipinski definition) is 3. The molecular formula is C26H31ClN4O4. The van der Waals surface area contributed by atoms with Crippen molar-refractivity contribution in [1.82, 2.24) is 19.8 Å². The lowest BCUT2D eigenvalue weighted by Crippen LogP contribution is -2.47. The number of carbonyl (C=O) groups is 1. The first-order chi connectivity index (χ1) is 16.7. The topological polar surface area (TPSA) is 108 Å². The highest BCUT2D eigenvalue weighted by atomic mass is 35.5. The third kappa shape index (κ3) is 4.25. The second-order valence-electron chi connectivity index (χ2n) is 9.18. The number of likely N-dealkylation sites (N-methyl/N-ethyl adjacent to an activating group) is 1. The molecule has 1 aromatic carbocycles. The maximum absolute atomic E-state index is 13.5. The molecular weight excluding hydrogens is 468 g/mol. The van der Waals surface area contributed by atoms with Crippen LogP contribution in [0.15, 0.2) is 29.1 Å². The highest BCUT2D eigenvalue weighted by molar-refractivity contribution is 6.31. The van der Waals surface area contributed by atoms with Crippen molar-refractivity contribution in [1.29, 1.82) is 0 Å². The molecule has 3 heterocycles. The summed E-state index contributed by atoms with van der Waals surface area (Å²) in [5, 5.41) is 26.0. The number of rotatable bonds is 8. The van der Waals surface area contributed by atoms with E-state index in [1.54, 1.807) is 23.6 Å². The van der Waals surface area contributed by atoms with Crippen molar-refractivity contribution in [2.45, 2.75) is 45.4 Å². The van der Waals surface area contributed by atoms with E-state index in [0.717, 1.165) is 28.5 Å². The van der Waals surface area contributed by atoms with Crippen LogP contribution >= 0.6 is 11.6 Å². The molecule has 9 heteroatoms. The minimum Gasteiger partial charge on any atom is -0.391 e. The fraction of sp³-hybridized carbons (Fsp3) is 0.423. The van der Waals surface area contributed by atoms with E-state index in [2.05, 4.69) is 5.32 Å². The molecule has 3 aromatic rings. The lowest BCUT2D eigenvalue weighted by molar-refractivity contribution is -0.141. The summed E-state index contributed by atoms with van der Waals surface area (Å²) >= 11 is 6.24. The average Bonchev–Trinajstić information content (AvgIpc) is 3.20. The Hall–Kier alpha value is -2.78. The Morgan fingerprint density at radius 1 is 1.26 bits per heavy atom. The number of aryl methyl sites for hydroxylation is 1. The fourth-order valence-corrected chi connectivity index (χ4v) is 5.03. The summed E-state index contributed by atoms with van der Waals surface area (Å²) in [6.45, 7) is 4.36. The highest BCUT2D eigenvalue weighted by Crippen LogP contribution is 2.39. The molecule has 1 aliphatic heterocycles. The number of carbonyl (C=O) groups excluding carboxylic acids is 1. The smallest absolute Gasteiger partial charge is 0.257 e. The number of hydrogen-bond acceptors (Lipinski definition) is 6. The van der Waals surface area contributed by atoms with Crippen LogP contribution in [0, 0.1) is 0 Å². The second kappa shape index (κ2) is 9.70. The molecule has 4 rings (SSSR count). The summed E-state index contributed by atoms with van der Waals surface area (Å²) in [6, 6.07) is 7.15. The van der Waals surface area contributed by atoms with Crippen LogP contribution in [0.5, 0.6) is 0 Å². The van der Waals surface area contributed by atoms with Gasteiger partial charge >= 0.3 is 0 Å². The fourth-order valence-electron chi connectivity index (χ4n) is 4.86. The Bertz CT molecular complexity index is 1370. The predicted molar refractivity (Wildman–Crippen MR) is 137 cm³/mol. The Morgan fingerprint density at radius 2 is 2.00 bits per heavy atom. The summed E-state index contributed by atoms with van der Waals surface area (Å²) < 4.78 is 1.56. The summed E-state index contributed by atoms with van der Waals surface area (Å²) in [6.07, 6.45) is 0.755. The van der Waals surface area contributed by atoms with Crippen molar-refractivity contribution in [2.24, 2.45) is 0 Å². The zero-order chi connectivity index (χ0) is 25.5. The van der Waals surface area contributed by atoms with Crippen molar-refractivity contribution in [3.63, 3.8) is 0 Å². The lowest BCUT2D eigenvalue weighted by atomic mass is 9.86. The summed E-state index contributed by atoms with van der Waals surface area (Å²) in [5.74, 6) is -0.602. The molecule has 35 heavy (non-hydrogen) atoms. The summed E-state index contributed by atoms with van der Waals surface area (Å²) in [4.78, 5) is 33.4. The van der Waals surface area contributed by atoms with Gasteiger partial charge in [-0.3, -0.25) is 9.59 Å². The third-order valence-electron chi connectivity index (χ3n) is 6.81. The van der Waals surface area contributed by atoms with Crippen LogP contribution in [0.4, 0.5) is 0 Å². The standard InChI is InChI=1S/C26H31ClN4O4/c1-5-16-17-11-15(27)7-8-21(17)29-23-18(16)13-31-22(23)12-20(19(14-32)24(31)33)26(35,6-2)25(34)28-9-10-30(3)4/h7-8,11-12,32,35H,5-6,9-10,13-14H2,1-4H3,(H,28,34)/t26-/m0/s1. The van der Waals surface area contributed by atoms with Gasteiger partial charge in [0.2, 0.25) is 0 Å². The molecule has 0 saturated carbocycles. The number of nitrogens with zero attached hydrogens (tertiary/aromatic N) is 3. The van der Waals surface area contributed by atoms with Crippen LogP contribution < -0.4 is 10.9 Å². The van der Waals surface area contributed by atoms with E-state index in [-0.39, 0.29) is 17.5 Å². The number of halogens is 1. The lowest BCUT2D eigenvalue weighted by Gasteiger charge is -2.29. The van der Waals surface area contributed by atoms with Crippen molar-refractivity contribution in [3.05, 3.63) is 61.9 Å². The molecule has 186 valence electrons. The number of fused-ring (bicyclic) bond motifs is 4. The first-order valence-electron chi connectivity index (χ1n) is 11.8. The van der Waals surface area contributed by atoms with Gasteiger partial charge in [-0.15, -0.1) is 0 Å². The Kier molecular flexibility index (Phi) is 7.02. The van der Waals surface area contributed by atoms with Gasteiger partial charge in [0.05, 0.1) is 30.1 Å². The molecule has 1 amide bonds. The van der Waals surface area contributed by atoms with Gasteiger partial charge < -0.3 is 25.0 Å². The van der Waals surface area contributed by atoms with Gasteiger partial charge in [0, 0.05) is 40.2 Å². The predicted octanol–water partition coefficient (Wildman–Crippen LogP) is 2.41. The number of aromatic nitrogens is 2. The molecule has 0 unspecified atom stereocenters. The molecule has 1 aliphatic rings. The number of benzene rings is 1. The van der Waals surface area contributed by atoms with Crippen LogP contribution in [0.25, 0.3) is 22.3 Å². The number of pyridine rings is 2. The van der Waals surface area contributed by atoms with Crippen LogP contribution in [0.3, 0.4) is 0 Å². The van der Waals surface area contributed by atoms with Crippen LogP contribution in [0.2, 0.25) is 5.02 Å². The summed E-state index contributed by atoms with van der Waals surface area (Å²) in [7, 11) is 3.77. The van der Waals surface area contributed by atoms with Crippen molar-refractivity contribution >= 4 is 28.4 Å². The van der Waals surface area contributed by atoms with Crippen molar-refractivity contribution < 1.29 is 15.0 Å². The Balaban J connectivity index is 1.90. The molecule has 0 aliphatic carbocycles. The van der Waals surface area contributed by atoms with E-state index in [9.17, 15) is 19.8 Å². The Labute approximate surface area is 209 Å². The maximum atomic E-state index is 13.5. The molecule has 0 fully saturated rings. The quantitative estimate of drug-likeness (QED) is 0.344. The molecule has 0 spiro atoms. The van der Waals surface area contributed by atoms with Gasteiger partial charge in [0.25, 0.3) is 11.5 Å². The molecule has 8 nitrogen and oxygen atoms in total. The van der Waals surface area contributed by atoms with Crippen LogP contribution in [0.1, 0.15) is 42.5 Å². The third-order valence-corrected chi connectivity index (χ3v) is 7.05. The molecule has 0 bridgehead atoms. The largest absolute Gasteiger partial charge is 0.391 e. The van der Waals surface area contributed by atoms with E-state index in [1.165, 1.54) is 0 Å². The van der Waals surface area contributed by atoms with E-state index in [1.807, 2.05) is 38.1 Å². The second-order valence-corrected chi connectivity index (χ2v) is 9.61. The number of nitrogens with one attached hydrogen (secondary N) is 1. The minimum atomic E-state index is -1.97. The van der Waals surface area contributed by atoms with Crippen LogP contribution in [-0.2, 0) is 30.0 Å². The average molecular weight is 499 g/mol. The van der Waals surface area contributed by atoms with E-state index in [0.29, 0.717) is 36.0 Å². The van der Waals surface area contributed by atoms with Gasteiger partial charge in [-0.25, -0.2) is 4.98 Å². The van der Waals surface area contributed by atoms with Crippen molar-refractivity contribution in [2.75, 3.05) is 27.2 Å². The molecule has 0 saturated heterocycles. The van der Waals surface area contributed by atoms with Gasteiger partial charge in [0.15, 0.2) is 5.60 Å². The number of aliphatic hydroxyl groups excluding tert-OH is 1. The molecule has 0 radical (unpaired) electrons. The van der Waals surface area contributed by atoms with E-state index >= 15 is 0 Å². The Morgan fingerprint density at radius 3 is 2.63 bits per heavy atom. The van der Waals surface area contributed by atoms with Gasteiger partial charge in [-0.05, 0) is 56.8 Å². The highest BCUT2D eigenvalue weighted by Gasteiger charge is 2.40. The first kappa shape index (κ1) is 25.3. The number of aliphatic hydroxyl groups is 2. The zero-order valence-electron chi connectivity index (χ0n) is 20.5.